The lowest BCUT2D eigenvalue weighted by atomic mass is 10.1. The van der Waals surface area contributed by atoms with Crippen LogP contribution in [0.4, 0.5) is 17.1 Å². The highest BCUT2D eigenvalue weighted by Gasteiger charge is 2.34. The van der Waals surface area contributed by atoms with Gasteiger partial charge in [-0.2, -0.15) is 4.31 Å². The fourth-order valence-corrected chi connectivity index (χ4v) is 4.59. The molecule has 0 aliphatic carbocycles. The highest BCUT2D eigenvalue weighted by atomic mass is 32.2. The zero-order valence-corrected chi connectivity index (χ0v) is 17.1. The maximum Gasteiger partial charge on any atom is 0.289 e. The molecule has 1 aliphatic heterocycles. The van der Waals surface area contributed by atoms with Crippen molar-refractivity contribution >= 4 is 38.9 Å². The molecule has 1 N–H and O–H groups in total. The minimum atomic E-state index is -4.30. The summed E-state index contributed by atoms with van der Waals surface area (Å²) in [7, 11) is -3.12. The van der Waals surface area contributed by atoms with E-state index in [1.165, 1.54) is 24.1 Å². The van der Waals surface area contributed by atoms with Crippen molar-refractivity contribution in [2.75, 3.05) is 23.8 Å². The summed E-state index contributed by atoms with van der Waals surface area (Å²) in [5, 5.41) is 13.9. The van der Waals surface area contributed by atoms with Crippen LogP contribution < -0.4 is 10.2 Å². The molecule has 0 bridgehead atoms. The van der Waals surface area contributed by atoms with E-state index in [-0.39, 0.29) is 12.3 Å². The molecule has 1 aliphatic rings. The smallest absolute Gasteiger partial charge is 0.289 e. The molecular formula is C19H20N4O6S. The van der Waals surface area contributed by atoms with Gasteiger partial charge >= 0.3 is 0 Å². The second kappa shape index (κ2) is 8.20. The number of likely N-dealkylation sites (N-methyl/N-ethyl adjacent to an activating group) is 1. The molecule has 0 aromatic heterocycles. The number of carbonyl (C=O) groups excluding carboxylic acids is 2. The minimum absolute atomic E-state index is 0.0427. The molecule has 1 atom stereocenters. The van der Waals surface area contributed by atoms with Gasteiger partial charge in [0.15, 0.2) is 4.90 Å². The van der Waals surface area contributed by atoms with Crippen LogP contribution in [0.5, 0.6) is 0 Å². The first-order valence-electron chi connectivity index (χ1n) is 9.03. The second-order valence-electron chi connectivity index (χ2n) is 6.87. The van der Waals surface area contributed by atoms with E-state index in [1.54, 1.807) is 31.2 Å². The van der Waals surface area contributed by atoms with Crippen molar-refractivity contribution in [1.82, 2.24) is 4.31 Å². The zero-order chi connectivity index (χ0) is 22.1. The molecule has 0 radical (unpaired) electrons. The minimum Gasteiger partial charge on any atom is -0.324 e. The van der Waals surface area contributed by atoms with Crippen LogP contribution in [0, 0.1) is 10.1 Å². The van der Waals surface area contributed by atoms with E-state index in [4.69, 9.17) is 0 Å². The normalized spacial score (nSPS) is 16.6. The van der Waals surface area contributed by atoms with Crippen molar-refractivity contribution < 1.29 is 22.9 Å². The van der Waals surface area contributed by atoms with E-state index in [1.807, 2.05) is 0 Å². The molecule has 0 spiro atoms. The molecule has 0 saturated carbocycles. The Hall–Kier alpha value is -3.31. The number of para-hydroxylation sites is 3. The Labute approximate surface area is 173 Å². The van der Waals surface area contributed by atoms with E-state index in [9.17, 15) is 28.1 Å². The third kappa shape index (κ3) is 4.02. The van der Waals surface area contributed by atoms with Crippen LogP contribution >= 0.6 is 0 Å². The lowest BCUT2D eigenvalue weighted by Crippen LogP contribution is -2.45. The number of fused-ring (bicyclic) bond motifs is 1. The third-order valence-electron chi connectivity index (χ3n) is 4.74. The summed E-state index contributed by atoms with van der Waals surface area (Å²) in [4.78, 5) is 36.5. The topological polar surface area (TPSA) is 130 Å². The van der Waals surface area contributed by atoms with Gasteiger partial charge in [-0.15, -0.1) is 0 Å². The number of amides is 2. The maximum absolute atomic E-state index is 13.1. The van der Waals surface area contributed by atoms with E-state index >= 15 is 0 Å². The van der Waals surface area contributed by atoms with Crippen molar-refractivity contribution in [2.24, 2.45) is 0 Å². The van der Waals surface area contributed by atoms with Gasteiger partial charge in [-0.3, -0.25) is 19.7 Å². The first-order chi connectivity index (χ1) is 14.1. The van der Waals surface area contributed by atoms with Gasteiger partial charge < -0.3 is 10.2 Å². The van der Waals surface area contributed by atoms with E-state index < -0.39 is 44.0 Å². The molecular weight excluding hydrogens is 412 g/mol. The van der Waals surface area contributed by atoms with Crippen LogP contribution in [0.25, 0.3) is 0 Å². The van der Waals surface area contributed by atoms with Crippen LogP contribution in [0.2, 0.25) is 0 Å². The van der Waals surface area contributed by atoms with Crippen molar-refractivity contribution in [1.29, 1.82) is 0 Å². The summed E-state index contributed by atoms with van der Waals surface area (Å²) in [6, 6.07) is 11.2. The fourth-order valence-electron chi connectivity index (χ4n) is 3.31. The number of hydrogen-bond donors (Lipinski definition) is 1. The molecule has 2 amide bonds. The average Bonchev–Trinajstić information content (AvgIpc) is 2.81. The first kappa shape index (κ1) is 21.4. The van der Waals surface area contributed by atoms with Crippen molar-refractivity contribution in [3.63, 3.8) is 0 Å². The number of nitro benzene ring substituents is 1. The van der Waals surface area contributed by atoms with Gasteiger partial charge in [0.2, 0.25) is 21.8 Å². The molecule has 158 valence electrons. The van der Waals surface area contributed by atoms with E-state index in [2.05, 4.69) is 5.32 Å². The number of benzene rings is 2. The summed E-state index contributed by atoms with van der Waals surface area (Å²) in [6.07, 6.45) is 0.0427. The van der Waals surface area contributed by atoms with Crippen molar-refractivity contribution in [2.45, 2.75) is 24.3 Å². The summed E-state index contributed by atoms with van der Waals surface area (Å²) in [5.74, 6) is -0.817. The summed E-state index contributed by atoms with van der Waals surface area (Å²) >= 11 is 0. The summed E-state index contributed by atoms with van der Waals surface area (Å²) in [6.45, 7) is 1.14. The second-order valence-corrected chi connectivity index (χ2v) is 8.88. The Kier molecular flexibility index (Phi) is 5.85. The molecule has 11 heteroatoms. The molecule has 2 aromatic carbocycles. The third-order valence-corrected chi connectivity index (χ3v) is 6.59. The van der Waals surface area contributed by atoms with Gasteiger partial charge in [0.1, 0.15) is 0 Å². The molecule has 2 aromatic rings. The molecule has 3 rings (SSSR count). The summed E-state index contributed by atoms with van der Waals surface area (Å²) in [5.41, 5.74) is 0.335. The Morgan fingerprint density at radius 1 is 1.23 bits per heavy atom. The highest BCUT2D eigenvalue weighted by Crippen LogP contribution is 2.32. The zero-order valence-electron chi connectivity index (χ0n) is 16.3. The van der Waals surface area contributed by atoms with E-state index in [0.717, 1.165) is 16.4 Å². The van der Waals surface area contributed by atoms with Gasteiger partial charge in [0.25, 0.3) is 5.69 Å². The Morgan fingerprint density at radius 3 is 2.57 bits per heavy atom. The lowest BCUT2D eigenvalue weighted by Gasteiger charge is -2.29. The van der Waals surface area contributed by atoms with Crippen LogP contribution in [0.1, 0.15) is 13.3 Å². The molecule has 0 unspecified atom stereocenters. The fraction of sp³-hybridized carbons (Fsp3) is 0.263. The van der Waals surface area contributed by atoms with Crippen LogP contribution in [0.15, 0.2) is 53.4 Å². The van der Waals surface area contributed by atoms with Crippen LogP contribution in [0.3, 0.4) is 0 Å². The SMILES string of the molecule is C[C@@H]1CC(=O)Nc2ccccc2N1C(=O)CN(C)S(=O)(=O)c1ccccc1[N+](=O)[O-]. The number of sulfonamides is 1. The van der Waals surface area contributed by atoms with Gasteiger partial charge in [0.05, 0.1) is 22.8 Å². The van der Waals surface area contributed by atoms with Crippen molar-refractivity contribution in [3.8, 4) is 0 Å². The van der Waals surface area contributed by atoms with E-state index in [0.29, 0.717) is 11.4 Å². The maximum atomic E-state index is 13.1. The number of hydrogen-bond acceptors (Lipinski definition) is 6. The van der Waals surface area contributed by atoms with Crippen LogP contribution in [-0.4, -0.2) is 49.1 Å². The first-order valence-corrected chi connectivity index (χ1v) is 10.5. The largest absolute Gasteiger partial charge is 0.324 e. The summed E-state index contributed by atoms with van der Waals surface area (Å²) < 4.78 is 26.6. The van der Waals surface area contributed by atoms with Gasteiger partial charge in [0, 0.05) is 25.6 Å². The molecule has 30 heavy (non-hydrogen) atoms. The van der Waals surface area contributed by atoms with Gasteiger partial charge in [-0.05, 0) is 25.1 Å². The molecule has 0 saturated heterocycles. The molecule has 1 heterocycles. The lowest BCUT2D eigenvalue weighted by molar-refractivity contribution is -0.387. The van der Waals surface area contributed by atoms with Crippen LogP contribution in [-0.2, 0) is 19.6 Å². The number of anilines is 2. The van der Waals surface area contributed by atoms with Gasteiger partial charge in [-0.25, -0.2) is 8.42 Å². The van der Waals surface area contributed by atoms with Crippen molar-refractivity contribution in [3.05, 3.63) is 58.6 Å². The number of carbonyl (C=O) groups is 2. The molecule has 0 fully saturated rings. The Balaban J connectivity index is 1.92. The Morgan fingerprint density at radius 2 is 1.87 bits per heavy atom. The van der Waals surface area contributed by atoms with Gasteiger partial charge in [-0.1, -0.05) is 24.3 Å². The number of nitro groups is 1. The highest BCUT2D eigenvalue weighted by molar-refractivity contribution is 7.89. The number of nitrogens with zero attached hydrogens (tertiary/aromatic N) is 3. The predicted molar refractivity (Wildman–Crippen MR) is 110 cm³/mol. The molecule has 10 nitrogen and oxygen atoms in total. The predicted octanol–water partition coefficient (Wildman–Crippen LogP) is 1.98. The average molecular weight is 432 g/mol. The number of nitrogens with one attached hydrogen (secondary N) is 1. The number of rotatable bonds is 5. The standard InChI is InChI=1S/C19H20N4O6S/c1-13-11-18(24)20-14-7-3-4-8-15(14)22(13)19(25)12-21(2)30(28,29)17-10-6-5-9-16(17)23(26)27/h3-10,13H,11-12H2,1-2H3,(H,20,24)/t13-/m1/s1. The quantitative estimate of drug-likeness (QED) is 0.568. The monoisotopic (exact) mass is 432 g/mol. The Bertz CT molecular complexity index is 1120.